The van der Waals surface area contributed by atoms with Gasteiger partial charge in [-0.2, -0.15) is 5.26 Å². The second kappa shape index (κ2) is 3.44. The zero-order valence-corrected chi connectivity index (χ0v) is 6.77. The van der Waals surface area contributed by atoms with Crippen LogP contribution in [-0.4, -0.2) is 0 Å². The fourth-order valence-corrected chi connectivity index (χ4v) is 1.75. The van der Waals surface area contributed by atoms with Gasteiger partial charge in [0, 0.05) is 6.42 Å². The van der Waals surface area contributed by atoms with Crippen LogP contribution in [0.25, 0.3) is 0 Å². The summed E-state index contributed by atoms with van der Waals surface area (Å²) in [6.07, 6.45) is 11.5. The van der Waals surface area contributed by atoms with Gasteiger partial charge < -0.3 is 0 Å². The normalized spacial score (nSPS) is 21.6. The van der Waals surface area contributed by atoms with Crippen LogP contribution in [-0.2, 0) is 0 Å². The number of hydrogen-bond acceptors (Lipinski definition) is 1. The average Bonchev–Trinajstić information content (AvgIpc) is 2.07. The Morgan fingerprint density at radius 2 is 1.91 bits per heavy atom. The molecule has 58 valence electrons. The van der Waals surface area contributed by atoms with Gasteiger partial charge in [0.25, 0.3) is 0 Å². The SMILES string of the molecule is C#CCC1(C#N)CCCCC1. The van der Waals surface area contributed by atoms with Crippen molar-refractivity contribution in [2.24, 2.45) is 5.41 Å². The van der Waals surface area contributed by atoms with E-state index in [-0.39, 0.29) is 5.41 Å². The zero-order chi connectivity index (χ0) is 8.16. The van der Waals surface area contributed by atoms with E-state index in [2.05, 4.69) is 12.0 Å². The second-order valence-corrected chi connectivity index (χ2v) is 3.33. The Kier molecular flexibility index (Phi) is 2.55. The standard InChI is InChI=1S/C10H13N/c1-2-6-10(9-11)7-4-3-5-8-10/h1H,3-8H2. The third-order valence-electron chi connectivity index (χ3n) is 2.49. The minimum absolute atomic E-state index is 0.160. The predicted octanol–water partition coefficient (Wildman–Crippen LogP) is 2.48. The molecule has 0 spiro atoms. The monoisotopic (exact) mass is 147 g/mol. The Morgan fingerprint density at radius 1 is 1.27 bits per heavy atom. The Morgan fingerprint density at radius 3 is 2.36 bits per heavy atom. The first-order chi connectivity index (χ1) is 5.33. The van der Waals surface area contributed by atoms with Gasteiger partial charge in [-0.15, -0.1) is 12.3 Å². The lowest BCUT2D eigenvalue weighted by atomic mass is 9.73. The molecule has 1 nitrogen and oxygen atoms in total. The Labute approximate surface area is 68.4 Å². The summed E-state index contributed by atoms with van der Waals surface area (Å²) in [6.45, 7) is 0. The smallest absolute Gasteiger partial charge is 0.0699 e. The van der Waals surface area contributed by atoms with Crippen LogP contribution in [0.4, 0.5) is 0 Å². The number of terminal acetylenes is 1. The number of rotatable bonds is 1. The highest BCUT2D eigenvalue weighted by Crippen LogP contribution is 2.38. The molecule has 1 aliphatic carbocycles. The lowest BCUT2D eigenvalue weighted by Crippen LogP contribution is -2.21. The molecule has 1 fully saturated rings. The van der Waals surface area contributed by atoms with Crippen molar-refractivity contribution in [2.75, 3.05) is 0 Å². The molecule has 0 N–H and O–H groups in total. The first kappa shape index (κ1) is 8.15. The lowest BCUT2D eigenvalue weighted by molar-refractivity contribution is 0.274. The molecule has 0 radical (unpaired) electrons. The summed E-state index contributed by atoms with van der Waals surface area (Å²) in [4.78, 5) is 0. The van der Waals surface area contributed by atoms with E-state index in [0.29, 0.717) is 6.42 Å². The molecule has 1 heteroatoms. The van der Waals surface area contributed by atoms with E-state index in [4.69, 9.17) is 11.7 Å². The molecular formula is C10H13N. The van der Waals surface area contributed by atoms with E-state index in [1.165, 1.54) is 19.3 Å². The summed E-state index contributed by atoms with van der Waals surface area (Å²) in [5, 5.41) is 8.93. The van der Waals surface area contributed by atoms with Gasteiger partial charge >= 0.3 is 0 Å². The van der Waals surface area contributed by atoms with Crippen molar-refractivity contribution in [1.82, 2.24) is 0 Å². The largest absolute Gasteiger partial charge is 0.198 e. The van der Waals surface area contributed by atoms with Gasteiger partial charge in [0.2, 0.25) is 0 Å². The molecule has 0 heterocycles. The number of nitriles is 1. The van der Waals surface area contributed by atoms with E-state index < -0.39 is 0 Å². The quantitative estimate of drug-likeness (QED) is 0.523. The van der Waals surface area contributed by atoms with Crippen molar-refractivity contribution in [3.63, 3.8) is 0 Å². The summed E-state index contributed by atoms with van der Waals surface area (Å²) in [6, 6.07) is 2.38. The maximum atomic E-state index is 8.93. The van der Waals surface area contributed by atoms with Crippen molar-refractivity contribution in [3.8, 4) is 18.4 Å². The first-order valence-electron chi connectivity index (χ1n) is 4.18. The first-order valence-corrected chi connectivity index (χ1v) is 4.18. The van der Waals surface area contributed by atoms with E-state index in [1.54, 1.807) is 0 Å². The molecule has 0 atom stereocenters. The van der Waals surface area contributed by atoms with Gasteiger partial charge in [-0.05, 0) is 12.8 Å². The van der Waals surface area contributed by atoms with Gasteiger partial charge in [-0.1, -0.05) is 19.3 Å². The third-order valence-corrected chi connectivity index (χ3v) is 2.49. The van der Waals surface area contributed by atoms with Crippen LogP contribution >= 0.6 is 0 Å². The fourth-order valence-electron chi connectivity index (χ4n) is 1.75. The molecule has 1 aliphatic rings. The maximum Gasteiger partial charge on any atom is 0.0699 e. The summed E-state index contributed by atoms with van der Waals surface area (Å²) in [5.41, 5.74) is -0.160. The van der Waals surface area contributed by atoms with Crippen molar-refractivity contribution >= 4 is 0 Å². The van der Waals surface area contributed by atoms with E-state index >= 15 is 0 Å². The van der Waals surface area contributed by atoms with E-state index in [0.717, 1.165) is 12.8 Å². The molecule has 1 rings (SSSR count). The van der Waals surface area contributed by atoms with Gasteiger partial charge in [0.15, 0.2) is 0 Å². The molecule has 0 amide bonds. The van der Waals surface area contributed by atoms with Crippen LogP contribution in [0, 0.1) is 29.1 Å². The van der Waals surface area contributed by atoms with E-state index in [1.807, 2.05) is 0 Å². The average molecular weight is 147 g/mol. The number of nitrogens with zero attached hydrogens (tertiary/aromatic N) is 1. The predicted molar refractivity (Wildman–Crippen MR) is 44.6 cm³/mol. The second-order valence-electron chi connectivity index (χ2n) is 3.33. The molecule has 0 saturated heterocycles. The van der Waals surface area contributed by atoms with Gasteiger partial charge in [-0.3, -0.25) is 0 Å². The molecule has 0 aromatic rings. The molecule has 11 heavy (non-hydrogen) atoms. The zero-order valence-electron chi connectivity index (χ0n) is 6.77. The van der Waals surface area contributed by atoms with Gasteiger partial charge in [-0.25, -0.2) is 0 Å². The highest BCUT2D eigenvalue weighted by atomic mass is 14.4. The van der Waals surface area contributed by atoms with Crippen molar-refractivity contribution in [2.45, 2.75) is 38.5 Å². The van der Waals surface area contributed by atoms with Gasteiger partial charge in [0.05, 0.1) is 11.5 Å². The molecule has 0 bridgehead atoms. The summed E-state index contributed by atoms with van der Waals surface area (Å²) in [5.74, 6) is 2.61. The summed E-state index contributed by atoms with van der Waals surface area (Å²) >= 11 is 0. The molecular weight excluding hydrogens is 134 g/mol. The van der Waals surface area contributed by atoms with Crippen molar-refractivity contribution < 1.29 is 0 Å². The topological polar surface area (TPSA) is 23.8 Å². The van der Waals surface area contributed by atoms with Crippen molar-refractivity contribution in [1.29, 1.82) is 5.26 Å². The molecule has 0 unspecified atom stereocenters. The van der Waals surface area contributed by atoms with Crippen LogP contribution in [0.3, 0.4) is 0 Å². The third kappa shape index (κ3) is 1.75. The van der Waals surface area contributed by atoms with Gasteiger partial charge in [0.1, 0.15) is 0 Å². The van der Waals surface area contributed by atoms with Crippen LogP contribution in [0.5, 0.6) is 0 Å². The van der Waals surface area contributed by atoms with Crippen molar-refractivity contribution in [3.05, 3.63) is 0 Å². The molecule has 0 aliphatic heterocycles. The maximum absolute atomic E-state index is 8.93. The van der Waals surface area contributed by atoms with Crippen LogP contribution in [0.1, 0.15) is 38.5 Å². The van der Waals surface area contributed by atoms with Crippen LogP contribution < -0.4 is 0 Å². The minimum atomic E-state index is -0.160. The number of hydrogen-bond donors (Lipinski definition) is 0. The van der Waals surface area contributed by atoms with Crippen LogP contribution in [0.2, 0.25) is 0 Å². The summed E-state index contributed by atoms with van der Waals surface area (Å²) < 4.78 is 0. The Bertz CT molecular complexity index is 198. The molecule has 1 saturated carbocycles. The Hall–Kier alpha value is -0.950. The highest BCUT2D eigenvalue weighted by molar-refractivity contribution is 5.07. The minimum Gasteiger partial charge on any atom is -0.198 e. The fraction of sp³-hybridized carbons (Fsp3) is 0.700. The lowest BCUT2D eigenvalue weighted by Gasteiger charge is -2.28. The summed E-state index contributed by atoms with van der Waals surface area (Å²) in [7, 11) is 0. The highest BCUT2D eigenvalue weighted by Gasteiger charge is 2.30. The molecule has 0 aromatic heterocycles. The van der Waals surface area contributed by atoms with Crippen LogP contribution in [0.15, 0.2) is 0 Å². The Balaban J connectivity index is 2.60. The van der Waals surface area contributed by atoms with E-state index in [9.17, 15) is 0 Å². The molecule has 0 aromatic carbocycles.